The molecule has 3 aromatic carbocycles. The number of halogens is 1. The molecule has 6 nitrogen and oxygen atoms in total. The van der Waals surface area contributed by atoms with Gasteiger partial charge in [-0.2, -0.15) is 0 Å². The Bertz CT molecular complexity index is 1380. The minimum Gasteiger partial charge on any atom is -0.491 e. The molecule has 1 aliphatic rings. The number of aromatic nitrogens is 2. The number of nitrogens with zero attached hydrogens (tertiary/aromatic N) is 3. The van der Waals surface area contributed by atoms with Gasteiger partial charge in [-0.1, -0.05) is 42.0 Å². The number of para-hydroxylation sites is 3. The lowest BCUT2D eigenvalue weighted by Crippen LogP contribution is -2.27. The van der Waals surface area contributed by atoms with E-state index in [0.717, 1.165) is 27.9 Å². The second-order valence-corrected chi connectivity index (χ2v) is 9.16. The predicted octanol–water partition coefficient (Wildman–Crippen LogP) is 4.75. The number of aliphatic hydroxyl groups is 1. The summed E-state index contributed by atoms with van der Waals surface area (Å²) in [6.45, 7) is 4.73. The highest BCUT2D eigenvalue weighted by Gasteiger charge is 2.36. The number of imidazole rings is 1. The molecule has 0 bridgehead atoms. The van der Waals surface area contributed by atoms with Crippen molar-refractivity contribution in [2.24, 2.45) is 0 Å². The van der Waals surface area contributed by atoms with Crippen molar-refractivity contribution >= 4 is 22.6 Å². The van der Waals surface area contributed by atoms with Crippen molar-refractivity contribution in [3.63, 3.8) is 0 Å². The number of amides is 1. The maximum Gasteiger partial charge on any atom is 0.227 e. The molecule has 0 spiro atoms. The van der Waals surface area contributed by atoms with Gasteiger partial charge in [0, 0.05) is 18.9 Å². The van der Waals surface area contributed by atoms with Crippen LogP contribution in [0.3, 0.4) is 0 Å². The Morgan fingerprint density at radius 2 is 1.89 bits per heavy atom. The van der Waals surface area contributed by atoms with Crippen LogP contribution in [0.25, 0.3) is 11.0 Å². The molecule has 180 valence electrons. The quantitative estimate of drug-likeness (QED) is 0.421. The fraction of sp³-hybridized carbons (Fsp3) is 0.286. The number of carbonyl (C=O) groups is 1. The van der Waals surface area contributed by atoms with Crippen LogP contribution in [0.5, 0.6) is 5.75 Å². The van der Waals surface area contributed by atoms with E-state index in [4.69, 9.17) is 9.72 Å². The van der Waals surface area contributed by atoms with Gasteiger partial charge in [0.25, 0.3) is 0 Å². The molecule has 0 aliphatic carbocycles. The van der Waals surface area contributed by atoms with E-state index >= 15 is 0 Å². The third-order valence-electron chi connectivity index (χ3n) is 6.47. The summed E-state index contributed by atoms with van der Waals surface area (Å²) in [6.07, 6.45) is -0.556. The van der Waals surface area contributed by atoms with Crippen LogP contribution in [-0.4, -0.2) is 39.8 Å². The number of aliphatic hydroxyl groups excluding tert-OH is 1. The molecule has 1 saturated heterocycles. The zero-order chi connectivity index (χ0) is 24.5. The number of benzene rings is 3. The number of fused-ring (bicyclic) bond motifs is 1. The van der Waals surface area contributed by atoms with Gasteiger partial charge >= 0.3 is 0 Å². The van der Waals surface area contributed by atoms with Crippen LogP contribution in [0, 0.1) is 19.7 Å². The standard InChI is InChI=1S/C28H28FN3O3/c1-18-11-12-26(19(2)13-18)35-17-21(33)16-32-25-10-6-4-8-23(25)30-28(32)20-14-27(34)31(15-20)24-9-5-3-7-22(24)29/h3-13,20-21,33H,14-17H2,1-2H3. The van der Waals surface area contributed by atoms with Gasteiger partial charge in [0.2, 0.25) is 5.91 Å². The molecule has 1 fully saturated rings. The fourth-order valence-electron chi connectivity index (χ4n) is 4.79. The molecule has 2 unspecified atom stereocenters. The molecule has 5 rings (SSSR count). The van der Waals surface area contributed by atoms with E-state index in [0.29, 0.717) is 12.4 Å². The number of anilines is 1. The minimum atomic E-state index is -0.785. The van der Waals surface area contributed by atoms with Crippen molar-refractivity contribution in [3.05, 3.63) is 89.5 Å². The first-order valence-corrected chi connectivity index (χ1v) is 11.8. The van der Waals surface area contributed by atoms with Gasteiger partial charge in [0.05, 0.1) is 23.3 Å². The van der Waals surface area contributed by atoms with E-state index in [9.17, 15) is 14.3 Å². The van der Waals surface area contributed by atoms with Crippen LogP contribution in [0.15, 0.2) is 66.7 Å². The monoisotopic (exact) mass is 473 g/mol. The van der Waals surface area contributed by atoms with Crippen molar-refractivity contribution < 1.29 is 19.0 Å². The average Bonchev–Trinajstić information content (AvgIpc) is 3.39. The van der Waals surface area contributed by atoms with Crippen LogP contribution >= 0.6 is 0 Å². The van der Waals surface area contributed by atoms with Crippen molar-refractivity contribution in [1.29, 1.82) is 0 Å². The Labute approximate surface area is 203 Å². The van der Waals surface area contributed by atoms with Gasteiger partial charge in [-0.15, -0.1) is 0 Å². The van der Waals surface area contributed by atoms with Crippen molar-refractivity contribution in [1.82, 2.24) is 9.55 Å². The average molecular weight is 474 g/mol. The fourth-order valence-corrected chi connectivity index (χ4v) is 4.79. The SMILES string of the molecule is Cc1ccc(OCC(O)Cn2c(C3CC(=O)N(c4ccccc4F)C3)nc3ccccc32)c(C)c1. The summed E-state index contributed by atoms with van der Waals surface area (Å²) in [7, 11) is 0. The lowest BCUT2D eigenvalue weighted by atomic mass is 10.1. The van der Waals surface area contributed by atoms with E-state index in [1.165, 1.54) is 11.0 Å². The first kappa shape index (κ1) is 23.1. The van der Waals surface area contributed by atoms with Crippen LogP contribution < -0.4 is 9.64 Å². The highest BCUT2D eigenvalue weighted by atomic mass is 19.1. The normalized spacial score (nSPS) is 16.7. The molecule has 4 aromatic rings. The number of aryl methyl sites for hydroxylation is 2. The molecular weight excluding hydrogens is 445 g/mol. The van der Waals surface area contributed by atoms with Crippen LogP contribution in [0.4, 0.5) is 10.1 Å². The molecule has 2 atom stereocenters. The van der Waals surface area contributed by atoms with E-state index < -0.39 is 11.9 Å². The number of hydrogen-bond donors (Lipinski definition) is 1. The lowest BCUT2D eigenvalue weighted by Gasteiger charge is -2.19. The summed E-state index contributed by atoms with van der Waals surface area (Å²) in [5, 5.41) is 10.9. The third-order valence-corrected chi connectivity index (χ3v) is 6.47. The van der Waals surface area contributed by atoms with E-state index in [2.05, 4.69) is 0 Å². The Morgan fingerprint density at radius 1 is 1.11 bits per heavy atom. The van der Waals surface area contributed by atoms with Gasteiger partial charge in [-0.25, -0.2) is 9.37 Å². The van der Waals surface area contributed by atoms with Crippen LogP contribution in [-0.2, 0) is 11.3 Å². The summed E-state index contributed by atoms with van der Waals surface area (Å²) < 4.78 is 22.2. The van der Waals surface area contributed by atoms with Crippen molar-refractivity contribution in [3.8, 4) is 5.75 Å². The first-order valence-electron chi connectivity index (χ1n) is 11.8. The number of hydrogen-bond acceptors (Lipinski definition) is 4. The summed E-state index contributed by atoms with van der Waals surface area (Å²) in [5.74, 6) is 0.671. The molecule has 1 aliphatic heterocycles. The van der Waals surface area contributed by atoms with Gasteiger partial charge in [0.15, 0.2) is 0 Å². The molecular formula is C28H28FN3O3. The number of carbonyl (C=O) groups excluding carboxylic acids is 1. The molecule has 35 heavy (non-hydrogen) atoms. The van der Waals surface area contributed by atoms with Gasteiger partial charge in [-0.3, -0.25) is 4.79 Å². The maximum atomic E-state index is 14.4. The number of ether oxygens (including phenoxy) is 1. The molecule has 0 saturated carbocycles. The molecule has 7 heteroatoms. The Hall–Kier alpha value is -3.71. The Morgan fingerprint density at radius 3 is 2.69 bits per heavy atom. The topological polar surface area (TPSA) is 67.6 Å². The molecule has 1 aromatic heterocycles. The summed E-state index contributed by atoms with van der Waals surface area (Å²) in [6, 6.07) is 20.0. The second-order valence-electron chi connectivity index (χ2n) is 9.16. The highest BCUT2D eigenvalue weighted by molar-refractivity contribution is 5.96. The van der Waals surface area contributed by atoms with Gasteiger partial charge in [-0.05, 0) is 49.7 Å². The zero-order valence-electron chi connectivity index (χ0n) is 19.8. The third kappa shape index (κ3) is 4.64. The second kappa shape index (κ2) is 9.50. The molecule has 0 radical (unpaired) electrons. The first-order chi connectivity index (χ1) is 16.9. The number of rotatable bonds is 7. The highest BCUT2D eigenvalue weighted by Crippen LogP contribution is 2.34. The van der Waals surface area contributed by atoms with E-state index in [1.807, 2.05) is 60.9 Å². The lowest BCUT2D eigenvalue weighted by molar-refractivity contribution is -0.117. The minimum absolute atomic E-state index is 0.126. The van der Waals surface area contributed by atoms with E-state index in [-0.39, 0.29) is 37.1 Å². The zero-order valence-corrected chi connectivity index (χ0v) is 19.8. The summed E-state index contributed by atoms with van der Waals surface area (Å²) in [5.41, 5.74) is 4.13. The van der Waals surface area contributed by atoms with Crippen LogP contribution in [0.1, 0.15) is 29.3 Å². The molecule has 2 heterocycles. The Balaban J connectivity index is 1.39. The molecule has 1 N–H and O–H groups in total. The maximum absolute atomic E-state index is 14.4. The van der Waals surface area contributed by atoms with Crippen molar-refractivity contribution in [2.75, 3.05) is 18.1 Å². The smallest absolute Gasteiger partial charge is 0.227 e. The van der Waals surface area contributed by atoms with Crippen molar-refractivity contribution in [2.45, 2.75) is 38.8 Å². The summed E-state index contributed by atoms with van der Waals surface area (Å²) in [4.78, 5) is 19.1. The largest absolute Gasteiger partial charge is 0.491 e. The van der Waals surface area contributed by atoms with Gasteiger partial charge in [0.1, 0.15) is 30.1 Å². The van der Waals surface area contributed by atoms with Crippen LogP contribution in [0.2, 0.25) is 0 Å². The Kier molecular flexibility index (Phi) is 6.26. The van der Waals surface area contributed by atoms with E-state index in [1.54, 1.807) is 18.2 Å². The van der Waals surface area contributed by atoms with Gasteiger partial charge < -0.3 is 19.3 Å². The summed E-state index contributed by atoms with van der Waals surface area (Å²) >= 11 is 0. The molecule has 1 amide bonds. The predicted molar refractivity (Wildman–Crippen MR) is 133 cm³/mol.